The molecule has 0 saturated carbocycles. The van der Waals surface area contributed by atoms with E-state index in [0.717, 1.165) is 11.0 Å². The van der Waals surface area contributed by atoms with Crippen molar-refractivity contribution in [3.8, 4) is 0 Å². The van der Waals surface area contributed by atoms with Crippen molar-refractivity contribution >= 4 is 11.9 Å². The van der Waals surface area contributed by atoms with Gasteiger partial charge < -0.3 is 5.32 Å². The molecule has 20 heavy (non-hydrogen) atoms. The summed E-state index contributed by atoms with van der Waals surface area (Å²) in [5.41, 5.74) is -1.53. The largest absolute Gasteiger partial charge is 0.325 e. The van der Waals surface area contributed by atoms with Gasteiger partial charge in [-0.15, -0.1) is 0 Å². The molecule has 0 radical (unpaired) electrons. The van der Waals surface area contributed by atoms with Crippen molar-refractivity contribution in [1.82, 2.24) is 10.2 Å². The van der Waals surface area contributed by atoms with Crippen molar-refractivity contribution in [3.63, 3.8) is 0 Å². The lowest BCUT2D eigenvalue weighted by molar-refractivity contribution is -0.131. The molecule has 1 aliphatic rings. The van der Waals surface area contributed by atoms with Crippen LogP contribution in [0.3, 0.4) is 0 Å². The molecule has 1 aliphatic heterocycles. The highest BCUT2D eigenvalue weighted by molar-refractivity contribution is 6.07. The number of urea groups is 1. The maximum Gasteiger partial charge on any atom is 0.325 e. The topological polar surface area (TPSA) is 49.4 Å². The molecule has 1 unspecified atom stereocenters. The summed E-state index contributed by atoms with van der Waals surface area (Å²) < 4.78 is 26.8. The summed E-state index contributed by atoms with van der Waals surface area (Å²) >= 11 is 0. The van der Waals surface area contributed by atoms with E-state index in [9.17, 15) is 18.4 Å². The molecule has 0 spiro atoms. The van der Waals surface area contributed by atoms with Crippen LogP contribution in [0.4, 0.5) is 13.6 Å². The first-order valence-corrected chi connectivity index (χ1v) is 6.35. The molecule has 0 bridgehead atoms. The monoisotopic (exact) mass is 282 g/mol. The molecule has 0 aliphatic carbocycles. The van der Waals surface area contributed by atoms with Crippen LogP contribution in [-0.2, 0) is 10.3 Å². The quantitative estimate of drug-likeness (QED) is 0.865. The third-order valence-corrected chi connectivity index (χ3v) is 3.29. The van der Waals surface area contributed by atoms with Crippen molar-refractivity contribution in [2.24, 2.45) is 5.92 Å². The molecule has 1 fully saturated rings. The minimum atomic E-state index is -1.50. The fourth-order valence-corrected chi connectivity index (χ4v) is 2.31. The third-order valence-electron chi connectivity index (χ3n) is 3.29. The van der Waals surface area contributed by atoms with Crippen LogP contribution in [0.5, 0.6) is 0 Å². The van der Waals surface area contributed by atoms with Crippen LogP contribution < -0.4 is 5.32 Å². The second-order valence-electron chi connectivity index (χ2n) is 5.49. The second-order valence-corrected chi connectivity index (χ2v) is 5.49. The van der Waals surface area contributed by atoms with Crippen LogP contribution in [0.25, 0.3) is 0 Å². The number of hydrogen-bond acceptors (Lipinski definition) is 2. The van der Waals surface area contributed by atoms with Crippen molar-refractivity contribution in [2.45, 2.75) is 26.3 Å². The third kappa shape index (κ3) is 2.26. The lowest BCUT2D eigenvalue weighted by Crippen LogP contribution is -2.42. The van der Waals surface area contributed by atoms with Gasteiger partial charge in [0.1, 0.15) is 17.2 Å². The fraction of sp³-hybridized carbons (Fsp3) is 0.429. The molecule has 1 aromatic carbocycles. The van der Waals surface area contributed by atoms with E-state index in [1.165, 1.54) is 13.0 Å². The van der Waals surface area contributed by atoms with Crippen LogP contribution >= 0.6 is 0 Å². The number of amides is 3. The van der Waals surface area contributed by atoms with Crippen LogP contribution in [-0.4, -0.2) is 23.4 Å². The van der Waals surface area contributed by atoms with Gasteiger partial charge in [0.25, 0.3) is 5.91 Å². The molecular weight excluding hydrogens is 266 g/mol. The molecule has 4 nitrogen and oxygen atoms in total. The molecule has 1 saturated heterocycles. The average Bonchev–Trinajstić information content (AvgIpc) is 2.53. The zero-order valence-electron chi connectivity index (χ0n) is 11.5. The Morgan fingerprint density at radius 2 is 1.95 bits per heavy atom. The minimum absolute atomic E-state index is 0.0384. The van der Waals surface area contributed by atoms with Gasteiger partial charge in [-0.3, -0.25) is 9.69 Å². The Bertz CT molecular complexity index is 574. The summed E-state index contributed by atoms with van der Waals surface area (Å²) in [5.74, 6) is -2.01. The van der Waals surface area contributed by atoms with E-state index >= 15 is 0 Å². The smallest absolute Gasteiger partial charge is 0.319 e. The Morgan fingerprint density at radius 3 is 2.50 bits per heavy atom. The number of carbonyl (C=O) groups excluding carboxylic acids is 2. The highest BCUT2D eigenvalue weighted by Gasteiger charge is 2.50. The van der Waals surface area contributed by atoms with Crippen molar-refractivity contribution in [3.05, 3.63) is 35.4 Å². The van der Waals surface area contributed by atoms with Gasteiger partial charge in [0.05, 0.1) is 0 Å². The normalized spacial score (nSPS) is 22.6. The molecule has 6 heteroatoms. The van der Waals surface area contributed by atoms with Crippen molar-refractivity contribution < 1.29 is 18.4 Å². The first-order valence-electron chi connectivity index (χ1n) is 6.35. The van der Waals surface area contributed by atoms with E-state index in [2.05, 4.69) is 5.32 Å². The number of hydrogen-bond donors (Lipinski definition) is 1. The summed E-state index contributed by atoms with van der Waals surface area (Å²) in [6.45, 7) is 5.41. The van der Waals surface area contributed by atoms with E-state index in [4.69, 9.17) is 0 Å². The van der Waals surface area contributed by atoms with Gasteiger partial charge in [-0.2, -0.15) is 0 Å². The van der Waals surface area contributed by atoms with Gasteiger partial charge in [0, 0.05) is 18.2 Å². The lowest BCUT2D eigenvalue weighted by Gasteiger charge is -2.23. The molecule has 1 heterocycles. The summed E-state index contributed by atoms with van der Waals surface area (Å²) in [6.07, 6.45) is 0. The van der Waals surface area contributed by atoms with Gasteiger partial charge in [0.2, 0.25) is 0 Å². The molecule has 0 aromatic heterocycles. The van der Waals surface area contributed by atoms with Gasteiger partial charge in [-0.05, 0) is 18.9 Å². The summed E-state index contributed by atoms with van der Waals surface area (Å²) in [4.78, 5) is 25.3. The molecule has 1 atom stereocenters. The molecule has 108 valence electrons. The average molecular weight is 282 g/mol. The Hall–Kier alpha value is -1.98. The maximum absolute atomic E-state index is 13.9. The SMILES string of the molecule is CC(C)CN1C(=O)NC(C)(c2ccc(F)cc2F)C1=O. The Balaban J connectivity index is 2.41. The van der Waals surface area contributed by atoms with Gasteiger partial charge >= 0.3 is 6.03 Å². The van der Waals surface area contributed by atoms with E-state index in [0.29, 0.717) is 6.07 Å². The Morgan fingerprint density at radius 1 is 1.30 bits per heavy atom. The van der Waals surface area contributed by atoms with Crippen LogP contribution in [0, 0.1) is 17.6 Å². The number of benzene rings is 1. The first kappa shape index (κ1) is 14.4. The minimum Gasteiger partial charge on any atom is -0.319 e. The molecule has 2 rings (SSSR count). The lowest BCUT2D eigenvalue weighted by atomic mass is 9.91. The van der Waals surface area contributed by atoms with Gasteiger partial charge in [-0.1, -0.05) is 19.9 Å². The first-order chi connectivity index (χ1) is 9.25. The van der Waals surface area contributed by atoms with Gasteiger partial charge in [0.15, 0.2) is 0 Å². The number of nitrogens with zero attached hydrogens (tertiary/aromatic N) is 1. The zero-order valence-corrected chi connectivity index (χ0v) is 11.5. The highest BCUT2D eigenvalue weighted by atomic mass is 19.1. The second kappa shape index (κ2) is 4.85. The van der Waals surface area contributed by atoms with Crippen molar-refractivity contribution in [1.29, 1.82) is 0 Å². The number of rotatable bonds is 3. The molecular formula is C14H16F2N2O2. The van der Waals surface area contributed by atoms with E-state index in [1.54, 1.807) is 0 Å². The summed E-state index contributed by atoms with van der Waals surface area (Å²) in [6, 6.07) is 2.39. The summed E-state index contributed by atoms with van der Waals surface area (Å²) in [5, 5.41) is 2.49. The maximum atomic E-state index is 13.9. The number of imide groups is 1. The predicted molar refractivity (Wildman–Crippen MR) is 68.8 cm³/mol. The van der Waals surface area contributed by atoms with Crippen LogP contribution in [0.15, 0.2) is 18.2 Å². The standard InChI is InChI=1S/C14H16F2N2O2/c1-8(2)7-18-12(19)14(3,17-13(18)20)10-5-4-9(15)6-11(10)16/h4-6,8H,7H2,1-3H3,(H,17,20). The Kier molecular flexibility index (Phi) is 3.50. The predicted octanol–water partition coefficient (Wildman–Crippen LogP) is 2.39. The number of carbonyl (C=O) groups is 2. The highest BCUT2D eigenvalue weighted by Crippen LogP contribution is 2.31. The molecule has 1 aromatic rings. The molecule has 1 N–H and O–H groups in total. The number of nitrogens with one attached hydrogen (secondary N) is 1. The molecule has 3 amide bonds. The zero-order chi connectivity index (χ0) is 15.1. The van der Waals surface area contributed by atoms with Crippen LogP contribution in [0.2, 0.25) is 0 Å². The summed E-state index contributed by atoms with van der Waals surface area (Å²) in [7, 11) is 0. The van der Waals surface area contributed by atoms with Crippen LogP contribution in [0.1, 0.15) is 26.3 Å². The van der Waals surface area contributed by atoms with E-state index < -0.39 is 29.1 Å². The number of halogens is 2. The van der Waals surface area contributed by atoms with Gasteiger partial charge in [-0.25, -0.2) is 13.6 Å². The Labute approximate surface area is 115 Å². The van der Waals surface area contributed by atoms with E-state index in [1.807, 2.05) is 13.8 Å². The fourth-order valence-electron chi connectivity index (χ4n) is 2.31. The van der Waals surface area contributed by atoms with E-state index in [-0.39, 0.29) is 18.0 Å². The van der Waals surface area contributed by atoms with Crippen molar-refractivity contribution in [2.75, 3.05) is 6.54 Å².